The van der Waals surface area contributed by atoms with E-state index in [0.717, 1.165) is 5.56 Å². The molecule has 0 amide bonds. The van der Waals surface area contributed by atoms with Gasteiger partial charge in [0.2, 0.25) is 15.9 Å². The molecule has 0 saturated heterocycles. The number of ether oxygens (including phenoxy) is 1. The van der Waals surface area contributed by atoms with Crippen LogP contribution in [-0.2, 0) is 16.6 Å². The number of aryl methyl sites for hydroxylation is 1. The van der Waals surface area contributed by atoms with E-state index in [1.807, 2.05) is 0 Å². The van der Waals surface area contributed by atoms with Crippen LogP contribution < -0.4 is 9.46 Å². The lowest BCUT2D eigenvalue weighted by molar-refractivity contribution is 0.402. The van der Waals surface area contributed by atoms with E-state index in [9.17, 15) is 8.42 Å². The van der Waals surface area contributed by atoms with Gasteiger partial charge in [-0.2, -0.15) is 0 Å². The lowest BCUT2D eigenvalue weighted by Gasteiger charge is -2.10. The van der Waals surface area contributed by atoms with Crippen LogP contribution in [0.2, 0.25) is 0 Å². The predicted molar refractivity (Wildman–Crippen MR) is 89.3 cm³/mol. The normalized spacial score (nSPS) is 11.4. The van der Waals surface area contributed by atoms with Crippen LogP contribution in [0.3, 0.4) is 0 Å². The molecule has 3 rings (SSSR count). The lowest BCUT2D eigenvalue weighted by atomic mass is 10.2. The summed E-state index contributed by atoms with van der Waals surface area (Å²) in [5.41, 5.74) is 1.32. The second kappa shape index (κ2) is 6.99. The molecule has 0 unspecified atom stereocenters. The van der Waals surface area contributed by atoms with Gasteiger partial charge in [-0.1, -0.05) is 12.1 Å². The van der Waals surface area contributed by atoms with Gasteiger partial charge in [0.25, 0.3) is 5.89 Å². The Kier molecular flexibility index (Phi) is 4.77. The number of hydrogen-bond acceptors (Lipinski definition) is 7. The van der Waals surface area contributed by atoms with Gasteiger partial charge in [-0.05, 0) is 36.8 Å². The molecule has 0 saturated carbocycles. The van der Waals surface area contributed by atoms with E-state index >= 15 is 0 Å². The van der Waals surface area contributed by atoms with E-state index in [4.69, 9.17) is 9.15 Å². The largest absolute Gasteiger partial charge is 0.495 e. The molecule has 2 aromatic heterocycles. The molecular formula is C16H16N4O4S. The highest BCUT2D eigenvalue weighted by molar-refractivity contribution is 7.89. The van der Waals surface area contributed by atoms with Crippen LogP contribution in [0.5, 0.6) is 5.75 Å². The summed E-state index contributed by atoms with van der Waals surface area (Å²) in [6.07, 6.45) is 1.60. The van der Waals surface area contributed by atoms with Crippen molar-refractivity contribution in [2.75, 3.05) is 7.11 Å². The molecule has 2 heterocycles. The van der Waals surface area contributed by atoms with Gasteiger partial charge in [-0.3, -0.25) is 4.98 Å². The summed E-state index contributed by atoms with van der Waals surface area (Å²) in [6.45, 7) is 1.66. The molecule has 9 heteroatoms. The first-order valence-electron chi connectivity index (χ1n) is 7.38. The van der Waals surface area contributed by atoms with Crippen molar-refractivity contribution in [1.82, 2.24) is 19.9 Å². The Morgan fingerprint density at radius 3 is 2.76 bits per heavy atom. The maximum atomic E-state index is 12.5. The van der Waals surface area contributed by atoms with Crippen LogP contribution >= 0.6 is 0 Å². The van der Waals surface area contributed by atoms with E-state index in [1.54, 1.807) is 43.5 Å². The zero-order valence-corrected chi connectivity index (χ0v) is 14.4. The summed E-state index contributed by atoms with van der Waals surface area (Å²) in [5.74, 6) is 0.622. The van der Waals surface area contributed by atoms with Gasteiger partial charge in [0.05, 0.1) is 13.7 Å². The minimum atomic E-state index is -3.80. The Labute approximate surface area is 144 Å². The highest BCUT2D eigenvalue weighted by Gasteiger charge is 2.21. The number of rotatable bonds is 6. The zero-order valence-electron chi connectivity index (χ0n) is 13.6. The third-order valence-electron chi connectivity index (χ3n) is 3.37. The van der Waals surface area contributed by atoms with Crippen molar-refractivity contribution in [3.8, 4) is 17.3 Å². The third-order valence-corrected chi connectivity index (χ3v) is 4.80. The number of aromatic nitrogens is 3. The van der Waals surface area contributed by atoms with E-state index in [-0.39, 0.29) is 29.0 Å². The quantitative estimate of drug-likeness (QED) is 0.715. The summed E-state index contributed by atoms with van der Waals surface area (Å²) >= 11 is 0. The smallest absolute Gasteiger partial charge is 0.266 e. The number of pyridine rings is 1. The Bertz CT molecular complexity index is 971. The Balaban J connectivity index is 1.77. The van der Waals surface area contributed by atoms with E-state index in [2.05, 4.69) is 19.9 Å². The van der Waals surface area contributed by atoms with Gasteiger partial charge >= 0.3 is 0 Å². The maximum Gasteiger partial charge on any atom is 0.266 e. The van der Waals surface area contributed by atoms with Crippen molar-refractivity contribution in [1.29, 1.82) is 0 Å². The summed E-state index contributed by atoms with van der Waals surface area (Å²) < 4.78 is 38.0. The van der Waals surface area contributed by atoms with Gasteiger partial charge in [-0.15, -0.1) is 10.2 Å². The van der Waals surface area contributed by atoms with Gasteiger partial charge in [-0.25, -0.2) is 13.1 Å². The summed E-state index contributed by atoms with van der Waals surface area (Å²) in [5, 5.41) is 7.70. The topological polar surface area (TPSA) is 107 Å². The molecule has 0 radical (unpaired) electrons. The van der Waals surface area contributed by atoms with Crippen molar-refractivity contribution in [3.05, 3.63) is 54.0 Å². The van der Waals surface area contributed by atoms with Crippen molar-refractivity contribution in [2.24, 2.45) is 0 Å². The monoisotopic (exact) mass is 360 g/mol. The molecule has 0 atom stereocenters. The molecule has 0 fully saturated rings. The Morgan fingerprint density at radius 1 is 1.20 bits per heavy atom. The molecule has 1 N–H and O–H groups in total. The Morgan fingerprint density at radius 2 is 2.04 bits per heavy atom. The Hall–Kier alpha value is -2.78. The second-order valence-corrected chi connectivity index (χ2v) is 6.93. The summed E-state index contributed by atoms with van der Waals surface area (Å²) in [7, 11) is -2.38. The first-order chi connectivity index (χ1) is 12.0. The highest BCUT2D eigenvalue weighted by Crippen LogP contribution is 2.24. The molecule has 130 valence electrons. The zero-order chi connectivity index (χ0) is 17.9. The van der Waals surface area contributed by atoms with Crippen molar-refractivity contribution >= 4 is 10.0 Å². The molecule has 0 bridgehead atoms. The number of nitrogens with zero attached hydrogens (tertiary/aromatic N) is 3. The average Bonchev–Trinajstić information content (AvgIpc) is 3.10. The fraction of sp³-hybridized carbons (Fsp3) is 0.188. The molecule has 0 spiro atoms. The highest BCUT2D eigenvalue weighted by atomic mass is 32.2. The molecule has 1 aromatic carbocycles. The molecule has 0 aliphatic heterocycles. The number of benzene rings is 1. The van der Waals surface area contributed by atoms with Gasteiger partial charge < -0.3 is 9.15 Å². The number of nitrogens with one attached hydrogen (secondary N) is 1. The van der Waals surface area contributed by atoms with E-state index in [1.165, 1.54) is 13.2 Å². The van der Waals surface area contributed by atoms with Gasteiger partial charge in [0.1, 0.15) is 16.3 Å². The van der Waals surface area contributed by atoms with E-state index in [0.29, 0.717) is 5.69 Å². The standard InChI is InChI=1S/C16H16N4O4S/c1-11-6-7-13(23-2)14(9-11)25(21,22)18-10-15-19-20-16(24-15)12-5-3-4-8-17-12/h3-9,18H,10H2,1-2H3. The molecule has 8 nitrogen and oxygen atoms in total. The maximum absolute atomic E-state index is 12.5. The van der Waals surface area contributed by atoms with Crippen LogP contribution in [0.25, 0.3) is 11.6 Å². The number of hydrogen-bond donors (Lipinski definition) is 1. The van der Waals surface area contributed by atoms with Gasteiger partial charge in [0, 0.05) is 6.20 Å². The van der Waals surface area contributed by atoms with Crippen LogP contribution in [0.15, 0.2) is 51.9 Å². The number of sulfonamides is 1. The van der Waals surface area contributed by atoms with Crippen molar-refractivity contribution in [2.45, 2.75) is 18.4 Å². The minimum Gasteiger partial charge on any atom is -0.495 e. The minimum absolute atomic E-state index is 0.0551. The first-order valence-corrected chi connectivity index (χ1v) is 8.86. The summed E-state index contributed by atoms with van der Waals surface area (Å²) in [6, 6.07) is 10.2. The van der Waals surface area contributed by atoms with Crippen molar-refractivity contribution in [3.63, 3.8) is 0 Å². The van der Waals surface area contributed by atoms with Gasteiger partial charge in [0.15, 0.2) is 0 Å². The fourth-order valence-corrected chi connectivity index (χ4v) is 3.37. The van der Waals surface area contributed by atoms with Crippen LogP contribution in [0.1, 0.15) is 11.5 Å². The first kappa shape index (κ1) is 17.1. The SMILES string of the molecule is COc1ccc(C)cc1S(=O)(=O)NCc1nnc(-c2ccccn2)o1. The second-order valence-electron chi connectivity index (χ2n) is 5.19. The summed E-state index contributed by atoms with van der Waals surface area (Å²) in [4.78, 5) is 4.15. The van der Waals surface area contributed by atoms with Crippen LogP contribution in [0, 0.1) is 6.92 Å². The molecular weight excluding hydrogens is 344 g/mol. The molecule has 0 aliphatic carbocycles. The van der Waals surface area contributed by atoms with Crippen molar-refractivity contribution < 1.29 is 17.6 Å². The van der Waals surface area contributed by atoms with Crippen LogP contribution in [0.4, 0.5) is 0 Å². The predicted octanol–water partition coefficient (Wildman–Crippen LogP) is 1.93. The van der Waals surface area contributed by atoms with E-state index < -0.39 is 10.0 Å². The fourth-order valence-electron chi connectivity index (χ4n) is 2.15. The number of methoxy groups -OCH3 is 1. The molecule has 3 aromatic rings. The average molecular weight is 360 g/mol. The molecule has 0 aliphatic rings. The molecule has 25 heavy (non-hydrogen) atoms. The third kappa shape index (κ3) is 3.83. The van der Waals surface area contributed by atoms with Crippen LogP contribution in [-0.4, -0.2) is 30.7 Å². The lowest BCUT2D eigenvalue weighted by Crippen LogP contribution is -2.24.